The molecule has 8 nitrogen and oxygen atoms in total. The van der Waals surface area contributed by atoms with E-state index in [2.05, 4.69) is 5.32 Å². The van der Waals surface area contributed by atoms with Gasteiger partial charge in [-0.1, -0.05) is 0 Å². The molecule has 10 heteroatoms. The maximum Gasteiger partial charge on any atom is 0.341 e. The predicted octanol–water partition coefficient (Wildman–Crippen LogP) is 3.22. The van der Waals surface area contributed by atoms with Crippen molar-refractivity contribution in [2.45, 2.75) is 39.2 Å². The normalized spacial score (nSPS) is 13.9. The van der Waals surface area contributed by atoms with Crippen molar-refractivity contribution < 1.29 is 27.5 Å². The SMILES string of the molecule is CCOc1ccc(N([C@H](C)C(=O)Nc2sc3c(c2C(=O)OC)CCC3)S(C)(=O)=O)cc1. The van der Waals surface area contributed by atoms with Crippen LogP contribution in [0.3, 0.4) is 0 Å². The average Bonchev–Trinajstić information content (AvgIpc) is 3.28. The Morgan fingerprint density at radius 2 is 1.90 bits per heavy atom. The molecule has 3 rings (SSSR count). The lowest BCUT2D eigenvalue weighted by Gasteiger charge is -2.28. The molecule has 31 heavy (non-hydrogen) atoms. The fourth-order valence-electron chi connectivity index (χ4n) is 3.69. The Morgan fingerprint density at radius 1 is 1.23 bits per heavy atom. The van der Waals surface area contributed by atoms with Crippen LogP contribution in [0.5, 0.6) is 5.75 Å². The molecule has 0 spiro atoms. The molecule has 0 bridgehead atoms. The number of nitrogens with zero attached hydrogens (tertiary/aromatic N) is 1. The maximum atomic E-state index is 13.0. The lowest BCUT2D eigenvalue weighted by atomic mass is 10.1. The molecule has 1 heterocycles. The molecule has 0 radical (unpaired) electrons. The van der Waals surface area contributed by atoms with Gasteiger partial charge in [-0.3, -0.25) is 9.10 Å². The van der Waals surface area contributed by atoms with Crippen molar-refractivity contribution in [2.75, 3.05) is 29.6 Å². The molecule has 0 fully saturated rings. The second-order valence-corrected chi connectivity index (χ2v) is 10.2. The number of sulfonamides is 1. The number of benzene rings is 1. The van der Waals surface area contributed by atoms with E-state index >= 15 is 0 Å². The minimum Gasteiger partial charge on any atom is -0.494 e. The van der Waals surface area contributed by atoms with Gasteiger partial charge in [-0.15, -0.1) is 11.3 Å². The van der Waals surface area contributed by atoms with Crippen LogP contribution in [0.25, 0.3) is 0 Å². The number of thiophene rings is 1. The molecule has 1 aromatic carbocycles. The molecule has 0 aliphatic heterocycles. The predicted molar refractivity (Wildman–Crippen MR) is 121 cm³/mol. The van der Waals surface area contributed by atoms with E-state index in [4.69, 9.17) is 9.47 Å². The lowest BCUT2D eigenvalue weighted by molar-refractivity contribution is -0.116. The standard InChI is InChI=1S/C21H26N2O6S2/c1-5-29-15-11-9-14(10-12-15)23(31(4,26)27)13(2)19(24)22-20-18(21(25)28-3)16-7-6-8-17(16)30-20/h9-13H,5-8H2,1-4H3,(H,22,24)/t13-/m1/s1. The van der Waals surface area contributed by atoms with E-state index in [0.29, 0.717) is 28.6 Å². The van der Waals surface area contributed by atoms with Gasteiger partial charge in [0.2, 0.25) is 15.9 Å². The number of methoxy groups -OCH3 is 1. The number of nitrogens with one attached hydrogen (secondary N) is 1. The number of anilines is 2. The van der Waals surface area contributed by atoms with Crippen molar-refractivity contribution in [3.8, 4) is 5.75 Å². The highest BCUT2D eigenvalue weighted by atomic mass is 32.2. The van der Waals surface area contributed by atoms with E-state index in [1.807, 2.05) is 6.92 Å². The first-order valence-corrected chi connectivity index (χ1v) is 12.6. The van der Waals surface area contributed by atoms with Crippen molar-refractivity contribution in [1.82, 2.24) is 0 Å². The van der Waals surface area contributed by atoms with E-state index in [0.717, 1.165) is 40.3 Å². The number of carbonyl (C=O) groups is 2. The summed E-state index contributed by atoms with van der Waals surface area (Å²) in [7, 11) is -2.47. The van der Waals surface area contributed by atoms with Crippen LogP contribution in [0.15, 0.2) is 24.3 Å². The first-order valence-electron chi connectivity index (χ1n) is 9.93. The zero-order chi connectivity index (χ0) is 22.8. The van der Waals surface area contributed by atoms with Gasteiger partial charge >= 0.3 is 5.97 Å². The van der Waals surface area contributed by atoms with Crippen LogP contribution >= 0.6 is 11.3 Å². The third-order valence-electron chi connectivity index (χ3n) is 5.04. The van der Waals surface area contributed by atoms with Gasteiger partial charge in [0.1, 0.15) is 16.8 Å². The van der Waals surface area contributed by atoms with Crippen molar-refractivity contribution >= 4 is 43.9 Å². The Morgan fingerprint density at radius 3 is 2.48 bits per heavy atom. The van der Waals surface area contributed by atoms with Gasteiger partial charge in [0.15, 0.2) is 0 Å². The molecule has 1 aromatic heterocycles. The van der Waals surface area contributed by atoms with Gasteiger partial charge in [0.25, 0.3) is 0 Å². The number of esters is 1. The van der Waals surface area contributed by atoms with Crippen LogP contribution < -0.4 is 14.4 Å². The Hall–Kier alpha value is -2.59. The summed E-state index contributed by atoms with van der Waals surface area (Å²) in [6.45, 7) is 3.85. The van der Waals surface area contributed by atoms with Crippen molar-refractivity contribution in [3.05, 3.63) is 40.3 Å². The van der Waals surface area contributed by atoms with Crippen LogP contribution in [0.4, 0.5) is 10.7 Å². The van der Waals surface area contributed by atoms with E-state index in [1.165, 1.54) is 25.4 Å². The highest BCUT2D eigenvalue weighted by Crippen LogP contribution is 2.39. The number of ether oxygens (including phenoxy) is 2. The number of fused-ring (bicyclic) bond motifs is 1. The number of rotatable bonds is 8. The lowest BCUT2D eigenvalue weighted by Crippen LogP contribution is -2.45. The highest BCUT2D eigenvalue weighted by molar-refractivity contribution is 7.92. The van der Waals surface area contributed by atoms with Crippen LogP contribution in [-0.2, 0) is 32.4 Å². The number of aryl methyl sites for hydroxylation is 1. The fourth-order valence-corrected chi connectivity index (χ4v) is 6.15. The topological polar surface area (TPSA) is 102 Å². The molecule has 168 valence electrons. The van der Waals surface area contributed by atoms with Crippen LogP contribution in [-0.4, -0.2) is 46.3 Å². The van der Waals surface area contributed by atoms with E-state index < -0.39 is 27.9 Å². The Balaban J connectivity index is 1.89. The van der Waals surface area contributed by atoms with Crippen LogP contribution in [0.2, 0.25) is 0 Å². The summed E-state index contributed by atoms with van der Waals surface area (Å²) < 4.78 is 36.4. The summed E-state index contributed by atoms with van der Waals surface area (Å²) in [5.74, 6) is -0.439. The number of hydrogen-bond acceptors (Lipinski definition) is 7. The Labute approximate surface area is 186 Å². The molecular formula is C21H26N2O6S2. The number of hydrogen-bond donors (Lipinski definition) is 1. The molecule has 0 saturated carbocycles. The average molecular weight is 467 g/mol. The van der Waals surface area contributed by atoms with Gasteiger partial charge in [-0.25, -0.2) is 13.2 Å². The van der Waals surface area contributed by atoms with Gasteiger partial charge < -0.3 is 14.8 Å². The molecule has 1 aliphatic carbocycles. The summed E-state index contributed by atoms with van der Waals surface area (Å²) in [4.78, 5) is 26.4. The molecule has 1 aliphatic rings. The number of amides is 1. The summed E-state index contributed by atoms with van der Waals surface area (Å²) in [6, 6.07) is 5.45. The third-order valence-corrected chi connectivity index (χ3v) is 7.49. The minimum atomic E-state index is -3.76. The first kappa shape index (κ1) is 23.1. The van der Waals surface area contributed by atoms with Crippen LogP contribution in [0, 0.1) is 0 Å². The summed E-state index contributed by atoms with van der Waals surface area (Å²) in [6.07, 6.45) is 3.60. The number of carbonyl (C=O) groups excluding carboxylic acids is 2. The Kier molecular flexibility index (Phi) is 6.90. The molecule has 0 unspecified atom stereocenters. The Bertz CT molecular complexity index is 1080. The zero-order valence-corrected chi connectivity index (χ0v) is 19.6. The fraction of sp³-hybridized carbons (Fsp3) is 0.429. The molecule has 1 amide bonds. The second kappa shape index (κ2) is 9.27. The van der Waals surface area contributed by atoms with Gasteiger partial charge in [0, 0.05) is 4.88 Å². The van der Waals surface area contributed by atoms with Gasteiger partial charge in [0.05, 0.1) is 31.2 Å². The van der Waals surface area contributed by atoms with Crippen LogP contribution in [0.1, 0.15) is 41.1 Å². The summed E-state index contributed by atoms with van der Waals surface area (Å²) >= 11 is 1.34. The smallest absolute Gasteiger partial charge is 0.341 e. The molecule has 0 saturated heterocycles. The summed E-state index contributed by atoms with van der Waals surface area (Å²) in [5.41, 5.74) is 1.62. The van der Waals surface area contributed by atoms with Crippen molar-refractivity contribution in [1.29, 1.82) is 0 Å². The van der Waals surface area contributed by atoms with E-state index in [-0.39, 0.29) is 0 Å². The first-order chi connectivity index (χ1) is 14.7. The van der Waals surface area contributed by atoms with Crippen molar-refractivity contribution in [2.24, 2.45) is 0 Å². The quantitative estimate of drug-likeness (QED) is 0.600. The largest absolute Gasteiger partial charge is 0.494 e. The maximum absolute atomic E-state index is 13.0. The molecule has 1 N–H and O–H groups in total. The van der Waals surface area contributed by atoms with Crippen molar-refractivity contribution in [3.63, 3.8) is 0 Å². The second-order valence-electron chi connectivity index (χ2n) is 7.20. The third kappa shape index (κ3) is 4.85. The minimum absolute atomic E-state index is 0.343. The zero-order valence-electron chi connectivity index (χ0n) is 17.9. The molecule has 1 atom stereocenters. The van der Waals surface area contributed by atoms with E-state index in [9.17, 15) is 18.0 Å². The summed E-state index contributed by atoms with van der Waals surface area (Å²) in [5, 5.41) is 3.15. The molecule has 2 aromatic rings. The highest BCUT2D eigenvalue weighted by Gasteiger charge is 2.32. The molecular weight excluding hydrogens is 440 g/mol. The van der Waals surface area contributed by atoms with Gasteiger partial charge in [-0.05, 0) is 62.9 Å². The van der Waals surface area contributed by atoms with Gasteiger partial charge in [-0.2, -0.15) is 0 Å². The monoisotopic (exact) mass is 466 g/mol. The van der Waals surface area contributed by atoms with E-state index in [1.54, 1.807) is 24.3 Å².